The van der Waals surface area contributed by atoms with Crippen LogP contribution in [0.15, 0.2) is 22.7 Å². The molecule has 0 aliphatic heterocycles. The van der Waals surface area contributed by atoms with Gasteiger partial charge in [-0.05, 0) is 25.1 Å². The summed E-state index contributed by atoms with van der Waals surface area (Å²) in [5.41, 5.74) is 0.240. The maximum atomic E-state index is 13.7. The Kier molecular flexibility index (Phi) is 4.86. The summed E-state index contributed by atoms with van der Waals surface area (Å²) in [6, 6.07) is 4.46. The first-order valence-corrected chi connectivity index (χ1v) is 6.96. The first kappa shape index (κ1) is 16.1. The molecular weight excluding hydrogens is 359 g/mol. The van der Waals surface area contributed by atoms with Gasteiger partial charge in [0.25, 0.3) is 0 Å². The molecule has 0 bridgehead atoms. The molecule has 2 rings (SSSR count). The van der Waals surface area contributed by atoms with E-state index in [0.29, 0.717) is 10.0 Å². The summed E-state index contributed by atoms with van der Waals surface area (Å²) in [4.78, 5) is 18.3. The molecule has 1 aromatic heterocycles. The maximum absolute atomic E-state index is 13.7. The van der Waals surface area contributed by atoms with Gasteiger partial charge in [-0.25, -0.2) is 4.39 Å². The molecule has 0 spiro atoms. The van der Waals surface area contributed by atoms with Crippen molar-refractivity contribution in [2.75, 3.05) is 12.4 Å². The zero-order valence-corrected chi connectivity index (χ0v) is 13.3. The van der Waals surface area contributed by atoms with Gasteiger partial charge in [0.15, 0.2) is 0 Å². The molecular formula is C13H12BrFN4O3. The van der Waals surface area contributed by atoms with Gasteiger partial charge in [0.1, 0.15) is 11.5 Å². The lowest BCUT2D eigenvalue weighted by Crippen LogP contribution is -2.09. The van der Waals surface area contributed by atoms with Crippen molar-refractivity contribution in [3.8, 4) is 6.01 Å². The molecule has 0 atom stereocenters. The molecule has 0 saturated carbocycles. The minimum absolute atomic E-state index is 0.000291. The second kappa shape index (κ2) is 6.65. The van der Waals surface area contributed by atoms with Gasteiger partial charge in [-0.3, -0.25) is 10.1 Å². The van der Waals surface area contributed by atoms with Crippen molar-refractivity contribution >= 4 is 27.4 Å². The van der Waals surface area contributed by atoms with Crippen molar-refractivity contribution in [1.82, 2.24) is 9.97 Å². The molecule has 1 N–H and O–H groups in total. The Balaban J connectivity index is 2.34. The third kappa shape index (κ3) is 3.48. The summed E-state index contributed by atoms with van der Waals surface area (Å²) >= 11 is 3.25. The average Bonchev–Trinajstić information content (AvgIpc) is 2.47. The van der Waals surface area contributed by atoms with Crippen molar-refractivity contribution in [3.63, 3.8) is 0 Å². The van der Waals surface area contributed by atoms with Crippen LogP contribution in [0.2, 0.25) is 0 Å². The normalized spacial score (nSPS) is 10.4. The number of aryl methyl sites for hydroxylation is 1. The van der Waals surface area contributed by atoms with Crippen LogP contribution in [0.1, 0.15) is 11.3 Å². The minimum Gasteiger partial charge on any atom is -0.467 e. The Morgan fingerprint density at radius 3 is 2.82 bits per heavy atom. The number of nitrogens with zero attached hydrogens (tertiary/aromatic N) is 3. The van der Waals surface area contributed by atoms with Crippen LogP contribution in [0, 0.1) is 22.9 Å². The van der Waals surface area contributed by atoms with Gasteiger partial charge in [-0.2, -0.15) is 9.97 Å². The lowest BCUT2D eigenvalue weighted by atomic mass is 10.2. The van der Waals surface area contributed by atoms with Crippen LogP contribution in [-0.2, 0) is 6.54 Å². The molecule has 0 saturated heterocycles. The quantitative estimate of drug-likeness (QED) is 0.641. The molecule has 9 heteroatoms. The van der Waals surface area contributed by atoms with Crippen LogP contribution in [0.25, 0.3) is 0 Å². The van der Waals surface area contributed by atoms with Crippen LogP contribution in [0.3, 0.4) is 0 Å². The van der Waals surface area contributed by atoms with E-state index in [9.17, 15) is 14.5 Å². The van der Waals surface area contributed by atoms with E-state index in [2.05, 4.69) is 31.2 Å². The summed E-state index contributed by atoms with van der Waals surface area (Å²) < 4.78 is 19.3. The van der Waals surface area contributed by atoms with E-state index < -0.39 is 10.7 Å². The molecule has 0 radical (unpaired) electrons. The molecule has 7 nitrogen and oxygen atoms in total. The van der Waals surface area contributed by atoms with Gasteiger partial charge in [-0.1, -0.05) is 15.9 Å². The molecule has 0 unspecified atom stereocenters. The second-order valence-corrected chi connectivity index (χ2v) is 5.25. The van der Waals surface area contributed by atoms with E-state index in [0.717, 1.165) is 0 Å². The molecule has 22 heavy (non-hydrogen) atoms. The van der Waals surface area contributed by atoms with Gasteiger partial charge >= 0.3 is 11.7 Å². The Hall–Kier alpha value is -2.29. The molecule has 116 valence electrons. The highest BCUT2D eigenvalue weighted by molar-refractivity contribution is 9.10. The summed E-state index contributed by atoms with van der Waals surface area (Å²) in [5.74, 6) is -0.440. The van der Waals surface area contributed by atoms with Gasteiger partial charge < -0.3 is 10.1 Å². The van der Waals surface area contributed by atoms with Crippen molar-refractivity contribution in [2.24, 2.45) is 0 Å². The summed E-state index contributed by atoms with van der Waals surface area (Å²) in [7, 11) is 1.36. The van der Waals surface area contributed by atoms with E-state index in [1.165, 1.54) is 20.1 Å². The monoisotopic (exact) mass is 370 g/mol. The highest BCUT2D eigenvalue weighted by atomic mass is 79.9. The van der Waals surface area contributed by atoms with E-state index in [1.807, 2.05) is 0 Å². The van der Waals surface area contributed by atoms with Gasteiger partial charge in [0, 0.05) is 16.6 Å². The van der Waals surface area contributed by atoms with Crippen LogP contribution < -0.4 is 10.1 Å². The Morgan fingerprint density at radius 2 is 2.18 bits per heavy atom. The molecule has 2 aromatic rings. The predicted molar refractivity (Wildman–Crippen MR) is 81.4 cm³/mol. The minimum atomic E-state index is -0.589. The fraction of sp³-hybridized carbons (Fsp3) is 0.231. The molecule has 0 aliphatic rings. The van der Waals surface area contributed by atoms with E-state index in [-0.39, 0.29) is 29.8 Å². The van der Waals surface area contributed by atoms with Crippen molar-refractivity contribution in [2.45, 2.75) is 13.5 Å². The number of nitrogens with one attached hydrogen (secondary N) is 1. The lowest BCUT2D eigenvalue weighted by Gasteiger charge is -2.10. The molecule has 0 aliphatic carbocycles. The van der Waals surface area contributed by atoms with E-state index >= 15 is 0 Å². The van der Waals surface area contributed by atoms with E-state index in [4.69, 9.17) is 4.74 Å². The van der Waals surface area contributed by atoms with Crippen molar-refractivity contribution in [3.05, 3.63) is 49.9 Å². The van der Waals surface area contributed by atoms with Gasteiger partial charge in [0.05, 0.1) is 12.0 Å². The Bertz CT molecular complexity index is 727. The molecule has 1 aromatic carbocycles. The number of anilines is 1. The topological polar surface area (TPSA) is 90.2 Å². The third-order valence-electron chi connectivity index (χ3n) is 2.86. The number of hydrogen-bond donors (Lipinski definition) is 1. The van der Waals surface area contributed by atoms with Crippen LogP contribution in [0.5, 0.6) is 6.01 Å². The summed E-state index contributed by atoms with van der Waals surface area (Å²) in [5, 5.41) is 13.9. The van der Waals surface area contributed by atoms with Crippen LogP contribution in [0.4, 0.5) is 15.9 Å². The summed E-state index contributed by atoms with van der Waals surface area (Å²) in [6.45, 7) is 1.51. The number of aromatic nitrogens is 2. The number of halogens is 2. The third-order valence-corrected chi connectivity index (χ3v) is 3.35. The fourth-order valence-corrected chi connectivity index (χ4v) is 2.24. The summed E-state index contributed by atoms with van der Waals surface area (Å²) in [6.07, 6.45) is 0. The van der Waals surface area contributed by atoms with Crippen LogP contribution >= 0.6 is 15.9 Å². The number of rotatable bonds is 5. The van der Waals surface area contributed by atoms with Gasteiger partial charge in [-0.15, -0.1) is 0 Å². The Morgan fingerprint density at radius 1 is 1.45 bits per heavy atom. The molecule has 1 heterocycles. The number of hydrogen-bond acceptors (Lipinski definition) is 6. The van der Waals surface area contributed by atoms with Gasteiger partial charge in [0.2, 0.25) is 5.82 Å². The number of nitro groups is 1. The standard InChI is InChI=1S/C13H12BrFN4O3/c1-7-11(19(20)21)12(18-13(17-7)22-2)16-6-8-5-9(14)3-4-10(8)15/h3-5H,6H2,1-2H3,(H,16,17,18). The average molecular weight is 371 g/mol. The maximum Gasteiger partial charge on any atom is 0.332 e. The zero-order valence-electron chi connectivity index (χ0n) is 11.8. The lowest BCUT2D eigenvalue weighted by molar-refractivity contribution is -0.385. The van der Waals surface area contributed by atoms with Crippen molar-refractivity contribution < 1.29 is 14.1 Å². The van der Waals surface area contributed by atoms with Crippen LogP contribution in [-0.4, -0.2) is 22.0 Å². The second-order valence-electron chi connectivity index (χ2n) is 4.34. The molecule has 0 fully saturated rings. The fourth-order valence-electron chi connectivity index (χ4n) is 1.83. The smallest absolute Gasteiger partial charge is 0.332 e. The SMILES string of the molecule is COc1nc(C)c([N+](=O)[O-])c(NCc2cc(Br)ccc2F)n1. The highest BCUT2D eigenvalue weighted by Crippen LogP contribution is 2.28. The zero-order chi connectivity index (χ0) is 16.3. The number of ether oxygens (including phenoxy) is 1. The largest absolute Gasteiger partial charge is 0.467 e. The Labute approximate surface area is 133 Å². The molecule has 0 amide bonds. The first-order chi connectivity index (χ1) is 10.4. The van der Waals surface area contributed by atoms with E-state index in [1.54, 1.807) is 12.1 Å². The number of benzene rings is 1. The number of methoxy groups -OCH3 is 1. The highest BCUT2D eigenvalue weighted by Gasteiger charge is 2.22. The first-order valence-electron chi connectivity index (χ1n) is 6.17. The predicted octanol–water partition coefficient (Wildman–Crippen LogP) is 3.22. The van der Waals surface area contributed by atoms with Crippen molar-refractivity contribution in [1.29, 1.82) is 0 Å².